The van der Waals surface area contributed by atoms with Crippen LogP contribution in [0.2, 0.25) is 0 Å². The van der Waals surface area contributed by atoms with Crippen LogP contribution in [0.5, 0.6) is 0 Å². The second kappa shape index (κ2) is 6.76. The van der Waals surface area contributed by atoms with Gasteiger partial charge in [0.15, 0.2) is 6.29 Å². The van der Waals surface area contributed by atoms with Gasteiger partial charge in [-0.1, -0.05) is 11.2 Å². The lowest BCUT2D eigenvalue weighted by Gasteiger charge is -2.27. The number of fused-ring (bicyclic) bond motifs is 2. The molecule has 3 heterocycles. The van der Waals surface area contributed by atoms with Gasteiger partial charge in [0.25, 0.3) is 0 Å². The Hall–Kier alpha value is -1.44. The molecule has 2 atom stereocenters. The van der Waals surface area contributed by atoms with Gasteiger partial charge in [0.05, 0.1) is 32.1 Å². The monoisotopic (exact) mass is 311 g/mol. The summed E-state index contributed by atoms with van der Waals surface area (Å²) in [5, 5.41) is 3.99. The number of carbonyl (C=O) groups excluding carboxylic acids is 1. The van der Waals surface area contributed by atoms with Gasteiger partial charge in [0, 0.05) is 6.42 Å². The van der Waals surface area contributed by atoms with E-state index in [9.17, 15) is 4.79 Å². The maximum absolute atomic E-state index is 11.2. The molecule has 0 saturated carbocycles. The van der Waals surface area contributed by atoms with Crippen LogP contribution < -0.4 is 0 Å². The maximum atomic E-state index is 11.2. The molecule has 0 aliphatic carbocycles. The van der Waals surface area contributed by atoms with Gasteiger partial charge in [-0.2, -0.15) is 0 Å². The van der Waals surface area contributed by atoms with Crippen LogP contribution in [0.3, 0.4) is 0 Å². The highest BCUT2D eigenvalue weighted by Gasteiger charge is 2.46. The van der Waals surface area contributed by atoms with Gasteiger partial charge in [0.1, 0.15) is 5.60 Å². The standard InChI is InChI=1S/C15H21NO6/c1-18-14(17)22-16-12(3-4-13-19-9-2-10-20-13)15-7-5-11(21-15)6-8-15/h5,7,11,13H,2-4,6,8-10H2,1H3/b16-12-. The quantitative estimate of drug-likeness (QED) is 0.255. The zero-order valence-corrected chi connectivity index (χ0v) is 12.7. The third-order valence-electron chi connectivity index (χ3n) is 4.14. The number of carbonyl (C=O) groups is 1. The molecule has 7 nitrogen and oxygen atoms in total. The van der Waals surface area contributed by atoms with Gasteiger partial charge in [-0.05, 0) is 31.8 Å². The first-order valence-corrected chi connectivity index (χ1v) is 7.64. The Bertz CT molecular complexity index is 471. The highest BCUT2D eigenvalue weighted by molar-refractivity contribution is 5.95. The van der Waals surface area contributed by atoms with Gasteiger partial charge in [-0.25, -0.2) is 4.79 Å². The summed E-state index contributed by atoms with van der Waals surface area (Å²) >= 11 is 0. The van der Waals surface area contributed by atoms with Crippen LogP contribution in [0.4, 0.5) is 4.79 Å². The highest BCUT2D eigenvalue weighted by atomic mass is 16.8. The average Bonchev–Trinajstić information content (AvgIpc) is 3.17. The van der Waals surface area contributed by atoms with E-state index in [1.54, 1.807) is 0 Å². The summed E-state index contributed by atoms with van der Waals surface area (Å²) in [7, 11) is 1.25. The number of hydrogen-bond acceptors (Lipinski definition) is 7. The van der Waals surface area contributed by atoms with E-state index in [0.29, 0.717) is 31.8 Å². The SMILES string of the molecule is COC(=O)O/N=C(/CCC1OCCCO1)C12C=CC(CC1)O2. The summed E-state index contributed by atoms with van der Waals surface area (Å²) in [5.74, 6) is 0. The number of nitrogens with zero attached hydrogens (tertiary/aromatic N) is 1. The van der Waals surface area contributed by atoms with Crippen LogP contribution in [-0.2, 0) is 23.8 Å². The fraction of sp³-hybridized carbons (Fsp3) is 0.733. The van der Waals surface area contributed by atoms with E-state index < -0.39 is 11.8 Å². The molecule has 3 rings (SSSR count). The first kappa shape index (κ1) is 15.5. The van der Waals surface area contributed by atoms with Crippen molar-refractivity contribution in [2.45, 2.75) is 50.1 Å². The van der Waals surface area contributed by atoms with E-state index in [1.165, 1.54) is 7.11 Å². The Morgan fingerprint density at radius 3 is 2.82 bits per heavy atom. The van der Waals surface area contributed by atoms with Crippen molar-refractivity contribution in [1.82, 2.24) is 0 Å². The molecule has 2 bridgehead atoms. The first-order valence-electron chi connectivity index (χ1n) is 7.64. The topological polar surface area (TPSA) is 75.6 Å². The van der Waals surface area contributed by atoms with E-state index in [-0.39, 0.29) is 12.4 Å². The molecular formula is C15H21NO6. The van der Waals surface area contributed by atoms with Crippen molar-refractivity contribution >= 4 is 11.9 Å². The van der Waals surface area contributed by atoms with Crippen molar-refractivity contribution in [3.63, 3.8) is 0 Å². The molecule has 2 unspecified atom stereocenters. The van der Waals surface area contributed by atoms with Crippen LogP contribution in [-0.4, -0.2) is 50.2 Å². The summed E-state index contributed by atoms with van der Waals surface area (Å²) in [6.07, 6.45) is 7.01. The molecule has 2 saturated heterocycles. The molecular weight excluding hydrogens is 290 g/mol. The first-order chi connectivity index (χ1) is 10.7. The van der Waals surface area contributed by atoms with Crippen LogP contribution in [0.1, 0.15) is 32.1 Å². The van der Waals surface area contributed by atoms with E-state index in [0.717, 1.165) is 19.3 Å². The number of methoxy groups -OCH3 is 1. The maximum Gasteiger partial charge on any atom is 0.534 e. The van der Waals surface area contributed by atoms with Gasteiger partial charge >= 0.3 is 6.16 Å². The molecule has 0 aromatic rings. The fourth-order valence-electron chi connectivity index (χ4n) is 3.00. The molecule has 3 aliphatic heterocycles. The Balaban J connectivity index is 1.66. The predicted molar refractivity (Wildman–Crippen MR) is 76.4 cm³/mol. The summed E-state index contributed by atoms with van der Waals surface area (Å²) < 4.78 is 21.5. The smallest absolute Gasteiger partial charge is 0.436 e. The molecule has 0 spiro atoms. The van der Waals surface area contributed by atoms with Gasteiger partial charge in [-0.15, -0.1) is 0 Å². The summed E-state index contributed by atoms with van der Waals surface area (Å²) in [6.45, 7) is 1.42. The lowest BCUT2D eigenvalue weighted by molar-refractivity contribution is -0.180. The number of rotatable bonds is 5. The third-order valence-corrected chi connectivity index (χ3v) is 4.14. The Morgan fingerprint density at radius 2 is 2.23 bits per heavy atom. The van der Waals surface area contributed by atoms with E-state index in [1.807, 2.05) is 12.2 Å². The fourth-order valence-corrected chi connectivity index (χ4v) is 3.00. The van der Waals surface area contributed by atoms with Crippen molar-refractivity contribution in [2.24, 2.45) is 5.16 Å². The van der Waals surface area contributed by atoms with Gasteiger partial charge in [-0.3, -0.25) is 4.84 Å². The number of hydrogen-bond donors (Lipinski definition) is 0. The lowest BCUT2D eigenvalue weighted by atomic mass is 9.88. The van der Waals surface area contributed by atoms with E-state index >= 15 is 0 Å². The Morgan fingerprint density at radius 1 is 1.41 bits per heavy atom. The van der Waals surface area contributed by atoms with Crippen molar-refractivity contribution in [3.8, 4) is 0 Å². The second-order valence-corrected chi connectivity index (χ2v) is 5.59. The molecule has 2 fully saturated rings. The van der Waals surface area contributed by atoms with Crippen molar-refractivity contribution < 1.29 is 28.6 Å². The van der Waals surface area contributed by atoms with Gasteiger partial charge in [0.2, 0.25) is 0 Å². The second-order valence-electron chi connectivity index (χ2n) is 5.59. The minimum absolute atomic E-state index is 0.130. The molecule has 7 heteroatoms. The van der Waals surface area contributed by atoms with Crippen LogP contribution >= 0.6 is 0 Å². The highest BCUT2D eigenvalue weighted by Crippen LogP contribution is 2.40. The molecule has 0 radical (unpaired) electrons. The molecule has 122 valence electrons. The largest absolute Gasteiger partial charge is 0.534 e. The minimum atomic E-state index is -0.837. The molecule has 0 amide bonds. The molecule has 0 N–H and O–H groups in total. The molecule has 3 aliphatic rings. The van der Waals surface area contributed by atoms with E-state index in [2.05, 4.69) is 9.89 Å². The molecule has 22 heavy (non-hydrogen) atoms. The lowest BCUT2D eigenvalue weighted by Crippen LogP contribution is -2.36. The Kier molecular flexibility index (Phi) is 4.75. The number of oxime groups is 1. The van der Waals surface area contributed by atoms with E-state index in [4.69, 9.17) is 19.0 Å². The number of ether oxygens (including phenoxy) is 4. The normalized spacial score (nSPS) is 31.5. The Labute approximate surface area is 129 Å². The molecule has 0 aromatic carbocycles. The zero-order valence-electron chi connectivity index (χ0n) is 12.7. The zero-order chi connectivity index (χ0) is 15.4. The van der Waals surface area contributed by atoms with Crippen LogP contribution in [0, 0.1) is 0 Å². The summed E-state index contributed by atoms with van der Waals surface area (Å²) in [6, 6.07) is 0. The van der Waals surface area contributed by atoms with Crippen molar-refractivity contribution in [1.29, 1.82) is 0 Å². The minimum Gasteiger partial charge on any atom is -0.436 e. The van der Waals surface area contributed by atoms with Crippen molar-refractivity contribution in [2.75, 3.05) is 20.3 Å². The predicted octanol–water partition coefficient (Wildman–Crippen LogP) is 2.16. The van der Waals surface area contributed by atoms with Crippen LogP contribution in [0.15, 0.2) is 17.3 Å². The van der Waals surface area contributed by atoms with Crippen molar-refractivity contribution in [3.05, 3.63) is 12.2 Å². The molecule has 0 aromatic heterocycles. The van der Waals surface area contributed by atoms with Crippen LogP contribution in [0.25, 0.3) is 0 Å². The summed E-state index contributed by atoms with van der Waals surface area (Å²) in [4.78, 5) is 16.0. The van der Waals surface area contributed by atoms with Gasteiger partial charge < -0.3 is 18.9 Å². The summed E-state index contributed by atoms with van der Waals surface area (Å²) in [5.41, 5.74) is 0.111. The third kappa shape index (κ3) is 3.31. The average molecular weight is 311 g/mol.